The summed E-state index contributed by atoms with van der Waals surface area (Å²) in [6.07, 6.45) is -0.332. The van der Waals surface area contributed by atoms with Gasteiger partial charge in [0.1, 0.15) is 0 Å². The molecule has 0 aliphatic heterocycles. The summed E-state index contributed by atoms with van der Waals surface area (Å²) in [5, 5.41) is 12.2. The Hall–Kier alpha value is -0.730. The van der Waals surface area contributed by atoms with E-state index in [4.69, 9.17) is 0 Å². The molecule has 59 valence electrons. The zero-order valence-electron chi connectivity index (χ0n) is 6.68. The first-order chi connectivity index (χ1) is 4.52. The van der Waals surface area contributed by atoms with Gasteiger partial charge in [-0.2, -0.15) is 0 Å². The predicted octanol–water partition coefficient (Wildman–Crippen LogP) is 1.56. The van der Waals surface area contributed by atoms with E-state index in [0.717, 1.165) is 6.42 Å². The van der Waals surface area contributed by atoms with Crippen molar-refractivity contribution in [3.05, 3.63) is 0 Å². The Labute approximate surface area is 61.4 Å². The van der Waals surface area contributed by atoms with E-state index in [1.165, 1.54) is 0 Å². The third-order valence-corrected chi connectivity index (χ3v) is 1.19. The van der Waals surface area contributed by atoms with E-state index in [1.807, 2.05) is 20.8 Å². The maximum atomic E-state index is 9.97. The summed E-state index contributed by atoms with van der Waals surface area (Å²) in [6.45, 7) is 5.93. The van der Waals surface area contributed by atoms with E-state index in [9.17, 15) is 9.90 Å². The lowest BCUT2D eigenvalue weighted by molar-refractivity contribution is 0.163. The van der Waals surface area contributed by atoms with E-state index in [1.54, 1.807) is 0 Å². The molecule has 1 atom stereocenters. The van der Waals surface area contributed by atoms with Crippen LogP contribution >= 0.6 is 0 Å². The third-order valence-electron chi connectivity index (χ3n) is 1.19. The Morgan fingerprint density at radius 3 is 2.20 bits per heavy atom. The highest BCUT2D eigenvalue weighted by Crippen LogP contribution is 2.02. The molecule has 0 aromatic heterocycles. The van der Waals surface area contributed by atoms with Crippen LogP contribution < -0.4 is 5.32 Å². The lowest BCUT2D eigenvalue weighted by Crippen LogP contribution is -2.31. The summed E-state index contributed by atoms with van der Waals surface area (Å²) in [4.78, 5) is 9.97. The van der Waals surface area contributed by atoms with E-state index in [-0.39, 0.29) is 6.04 Å². The smallest absolute Gasteiger partial charge is 0.316 e. The molecular formula is C7H14NO2. The number of nitrogens with one attached hydrogen (secondary N) is 1. The minimum absolute atomic E-state index is 0.00463. The Balaban J connectivity index is 3.43. The largest absolute Gasteiger partial charge is 0.450 e. The van der Waals surface area contributed by atoms with Crippen molar-refractivity contribution in [3.8, 4) is 0 Å². The van der Waals surface area contributed by atoms with Gasteiger partial charge in [0.25, 0.3) is 0 Å². The second-order valence-corrected chi connectivity index (χ2v) is 2.96. The normalized spacial score (nSPS) is 13.2. The zero-order chi connectivity index (χ0) is 8.15. The molecule has 0 rings (SSSR count). The first-order valence-corrected chi connectivity index (χ1v) is 3.50. The summed E-state index contributed by atoms with van der Waals surface area (Å²) in [7, 11) is 0. The van der Waals surface area contributed by atoms with Crippen molar-refractivity contribution in [3.63, 3.8) is 0 Å². The number of carbonyl (C=O) groups excluding carboxylic acids is 1. The van der Waals surface area contributed by atoms with Gasteiger partial charge in [-0.3, -0.25) is 0 Å². The fraction of sp³-hybridized carbons (Fsp3) is 0.857. The van der Waals surface area contributed by atoms with Crippen LogP contribution in [0.25, 0.3) is 0 Å². The average molecular weight is 144 g/mol. The topological polar surface area (TPSA) is 49.0 Å². The molecule has 1 N–H and O–H groups in total. The maximum Gasteiger partial charge on any atom is 0.450 e. The van der Waals surface area contributed by atoms with Crippen LogP contribution in [0, 0.1) is 5.92 Å². The Morgan fingerprint density at radius 2 is 1.90 bits per heavy atom. The van der Waals surface area contributed by atoms with Gasteiger partial charge in [-0.25, -0.2) is 9.90 Å². The summed E-state index contributed by atoms with van der Waals surface area (Å²) in [5.41, 5.74) is 0. The summed E-state index contributed by atoms with van der Waals surface area (Å²) in [5.74, 6) is 0.516. The highest BCUT2D eigenvalue weighted by Gasteiger charge is 2.07. The quantitative estimate of drug-likeness (QED) is 0.642. The second kappa shape index (κ2) is 4.14. The number of hydrogen-bond donors (Lipinski definition) is 1. The number of carbonyl (C=O) groups is 1. The van der Waals surface area contributed by atoms with Gasteiger partial charge in [-0.05, 0) is 19.3 Å². The number of rotatable bonds is 3. The van der Waals surface area contributed by atoms with Crippen molar-refractivity contribution in [2.75, 3.05) is 0 Å². The van der Waals surface area contributed by atoms with Crippen molar-refractivity contribution < 1.29 is 9.90 Å². The molecular weight excluding hydrogens is 130 g/mol. The lowest BCUT2D eigenvalue weighted by Gasteiger charge is -2.11. The van der Waals surface area contributed by atoms with Gasteiger partial charge in [0.2, 0.25) is 0 Å². The molecule has 0 aliphatic carbocycles. The SMILES string of the molecule is CC(C)CC(C)NC([O])=O. The molecule has 0 aromatic carbocycles. The van der Waals surface area contributed by atoms with E-state index >= 15 is 0 Å². The maximum absolute atomic E-state index is 9.97. The number of hydrogen-bond acceptors (Lipinski definition) is 1. The second-order valence-electron chi connectivity index (χ2n) is 2.96. The van der Waals surface area contributed by atoms with Crippen molar-refractivity contribution in [1.29, 1.82) is 0 Å². The Morgan fingerprint density at radius 1 is 1.40 bits per heavy atom. The van der Waals surface area contributed by atoms with Crippen LogP contribution in [-0.2, 0) is 5.11 Å². The van der Waals surface area contributed by atoms with Crippen LogP contribution in [0.3, 0.4) is 0 Å². The molecule has 10 heavy (non-hydrogen) atoms. The molecule has 1 radical (unpaired) electrons. The first-order valence-electron chi connectivity index (χ1n) is 3.50. The molecule has 0 heterocycles. The molecule has 0 spiro atoms. The summed E-state index contributed by atoms with van der Waals surface area (Å²) >= 11 is 0. The van der Waals surface area contributed by atoms with Crippen LogP contribution in [0.4, 0.5) is 4.79 Å². The van der Waals surface area contributed by atoms with Gasteiger partial charge in [0, 0.05) is 6.04 Å². The molecule has 0 saturated carbocycles. The number of amides is 1. The van der Waals surface area contributed by atoms with Gasteiger partial charge in [-0.15, -0.1) is 0 Å². The van der Waals surface area contributed by atoms with Crippen LogP contribution in [0.1, 0.15) is 27.2 Å². The van der Waals surface area contributed by atoms with E-state index in [0.29, 0.717) is 5.92 Å². The van der Waals surface area contributed by atoms with E-state index < -0.39 is 6.09 Å². The molecule has 0 bridgehead atoms. The molecule has 3 heteroatoms. The molecule has 1 amide bonds. The lowest BCUT2D eigenvalue weighted by atomic mass is 10.1. The van der Waals surface area contributed by atoms with Crippen molar-refractivity contribution in [2.45, 2.75) is 33.2 Å². The minimum Gasteiger partial charge on any atom is -0.316 e. The molecule has 1 unspecified atom stereocenters. The Bertz CT molecular complexity index is 112. The molecule has 0 saturated heterocycles. The zero-order valence-corrected chi connectivity index (χ0v) is 6.68. The van der Waals surface area contributed by atoms with Gasteiger partial charge < -0.3 is 5.32 Å². The van der Waals surface area contributed by atoms with Crippen molar-refractivity contribution >= 4 is 6.09 Å². The third kappa shape index (κ3) is 5.41. The predicted molar refractivity (Wildman–Crippen MR) is 38.1 cm³/mol. The Kier molecular flexibility index (Phi) is 3.84. The molecule has 0 aliphatic rings. The van der Waals surface area contributed by atoms with Gasteiger partial charge in [0.05, 0.1) is 0 Å². The molecule has 3 nitrogen and oxygen atoms in total. The van der Waals surface area contributed by atoms with Gasteiger partial charge >= 0.3 is 6.09 Å². The first kappa shape index (κ1) is 9.27. The van der Waals surface area contributed by atoms with Crippen LogP contribution in [0.5, 0.6) is 0 Å². The molecule has 0 fully saturated rings. The summed E-state index contributed by atoms with van der Waals surface area (Å²) in [6, 6.07) is 0.00463. The van der Waals surface area contributed by atoms with Crippen molar-refractivity contribution in [1.82, 2.24) is 5.32 Å². The monoisotopic (exact) mass is 144 g/mol. The van der Waals surface area contributed by atoms with Crippen LogP contribution in [0.15, 0.2) is 0 Å². The average Bonchev–Trinajstić information content (AvgIpc) is 1.58. The van der Waals surface area contributed by atoms with Crippen LogP contribution in [0.2, 0.25) is 0 Å². The van der Waals surface area contributed by atoms with Gasteiger partial charge in [0.15, 0.2) is 0 Å². The fourth-order valence-corrected chi connectivity index (χ4v) is 0.967. The minimum atomic E-state index is -1.19. The van der Waals surface area contributed by atoms with Gasteiger partial charge in [-0.1, -0.05) is 13.8 Å². The standard InChI is InChI=1S/C7H14NO2/c1-5(2)4-6(3)8-7(9)10/h5-6,8H,4H2,1-3H3. The van der Waals surface area contributed by atoms with Crippen molar-refractivity contribution in [2.24, 2.45) is 5.92 Å². The fourth-order valence-electron chi connectivity index (χ4n) is 0.967. The highest BCUT2D eigenvalue weighted by atomic mass is 16.4. The van der Waals surface area contributed by atoms with Crippen LogP contribution in [-0.4, -0.2) is 12.1 Å². The molecule has 0 aromatic rings. The van der Waals surface area contributed by atoms with E-state index in [2.05, 4.69) is 5.32 Å². The highest BCUT2D eigenvalue weighted by molar-refractivity contribution is 5.64. The summed E-state index contributed by atoms with van der Waals surface area (Å²) < 4.78 is 0.